The lowest BCUT2D eigenvalue weighted by Gasteiger charge is -2.25. The Hall–Kier alpha value is -0.0500. The smallest absolute Gasteiger partial charge is 0.0931 e. The quantitative estimate of drug-likeness (QED) is 0.828. The van der Waals surface area contributed by atoms with E-state index in [0.29, 0.717) is 17.9 Å². The molecule has 1 heterocycles. The molecular formula is C11H18ClNS. The zero-order chi connectivity index (χ0) is 10.7. The van der Waals surface area contributed by atoms with Gasteiger partial charge in [-0.25, -0.2) is 0 Å². The number of hydrogen-bond donors (Lipinski definition) is 1. The first kappa shape index (κ1) is 12.0. The summed E-state index contributed by atoms with van der Waals surface area (Å²) >= 11 is 7.61. The Bertz CT molecular complexity index is 283. The van der Waals surface area contributed by atoms with Gasteiger partial charge in [0, 0.05) is 10.9 Å². The first-order chi connectivity index (χ1) is 6.56. The van der Waals surface area contributed by atoms with Crippen molar-refractivity contribution in [3.05, 3.63) is 21.3 Å². The van der Waals surface area contributed by atoms with Crippen LogP contribution in [0.25, 0.3) is 0 Å². The topological polar surface area (TPSA) is 12.0 Å². The molecule has 2 atom stereocenters. The van der Waals surface area contributed by atoms with Crippen LogP contribution in [0.2, 0.25) is 4.34 Å². The van der Waals surface area contributed by atoms with Crippen LogP contribution in [0.1, 0.15) is 31.7 Å². The Morgan fingerprint density at radius 2 is 1.93 bits per heavy atom. The van der Waals surface area contributed by atoms with Gasteiger partial charge in [0.25, 0.3) is 0 Å². The van der Waals surface area contributed by atoms with Gasteiger partial charge in [-0.05, 0) is 31.0 Å². The van der Waals surface area contributed by atoms with E-state index in [9.17, 15) is 0 Å². The standard InChI is InChI=1S/C11H18ClNS/c1-7(2)8(3)11(13-4)9-5-6-10(12)14-9/h5-8,11,13H,1-4H3. The van der Waals surface area contributed by atoms with Crippen molar-refractivity contribution in [3.63, 3.8) is 0 Å². The van der Waals surface area contributed by atoms with Crippen molar-refractivity contribution in [1.82, 2.24) is 5.32 Å². The van der Waals surface area contributed by atoms with Crippen LogP contribution in [0.5, 0.6) is 0 Å². The highest BCUT2D eigenvalue weighted by molar-refractivity contribution is 7.16. The summed E-state index contributed by atoms with van der Waals surface area (Å²) < 4.78 is 0.871. The molecule has 0 fully saturated rings. The van der Waals surface area contributed by atoms with E-state index in [1.807, 2.05) is 13.1 Å². The third kappa shape index (κ3) is 2.72. The largest absolute Gasteiger partial charge is 0.312 e. The number of hydrogen-bond acceptors (Lipinski definition) is 2. The lowest BCUT2D eigenvalue weighted by atomic mass is 9.89. The van der Waals surface area contributed by atoms with Crippen LogP contribution in [0.3, 0.4) is 0 Å². The van der Waals surface area contributed by atoms with E-state index >= 15 is 0 Å². The van der Waals surface area contributed by atoms with Gasteiger partial charge >= 0.3 is 0 Å². The van der Waals surface area contributed by atoms with Gasteiger partial charge in [0.05, 0.1) is 4.34 Å². The van der Waals surface area contributed by atoms with Crippen molar-refractivity contribution in [3.8, 4) is 0 Å². The molecule has 3 heteroatoms. The van der Waals surface area contributed by atoms with Crippen LogP contribution >= 0.6 is 22.9 Å². The predicted molar refractivity (Wildman–Crippen MR) is 65.1 cm³/mol. The highest BCUT2D eigenvalue weighted by Gasteiger charge is 2.21. The Morgan fingerprint density at radius 1 is 1.29 bits per heavy atom. The van der Waals surface area contributed by atoms with E-state index < -0.39 is 0 Å². The summed E-state index contributed by atoms with van der Waals surface area (Å²) in [6, 6.07) is 4.51. The van der Waals surface area contributed by atoms with Gasteiger partial charge in [-0.3, -0.25) is 0 Å². The molecule has 0 aliphatic heterocycles. The third-order valence-corrected chi connectivity index (χ3v) is 4.10. The molecule has 1 aromatic rings. The van der Waals surface area contributed by atoms with E-state index in [4.69, 9.17) is 11.6 Å². The summed E-state index contributed by atoms with van der Waals surface area (Å²) in [4.78, 5) is 1.33. The molecule has 0 spiro atoms. The predicted octanol–water partition coefficient (Wildman–Crippen LogP) is 3.95. The summed E-state index contributed by atoms with van der Waals surface area (Å²) in [6.07, 6.45) is 0. The van der Waals surface area contributed by atoms with Gasteiger partial charge in [0.1, 0.15) is 0 Å². The van der Waals surface area contributed by atoms with Crippen molar-refractivity contribution in [2.75, 3.05) is 7.05 Å². The normalized spacial score (nSPS) is 15.9. The second-order valence-corrected chi connectivity index (χ2v) is 5.76. The number of halogens is 1. The molecule has 1 rings (SSSR count). The second-order valence-electron chi connectivity index (χ2n) is 4.01. The SMILES string of the molecule is CNC(c1ccc(Cl)s1)C(C)C(C)C. The van der Waals surface area contributed by atoms with Crippen LogP contribution in [-0.2, 0) is 0 Å². The van der Waals surface area contributed by atoms with E-state index in [2.05, 4.69) is 32.2 Å². The van der Waals surface area contributed by atoms with Crippen molar-refractivity contribution < 1.29 is 0 Å². The van der Waals surface area contributed by atoms with E-state index in [-0.39, 0.29) is 0 Å². The molecule has 1 aromatic heterocycles. The summed E-state index contributed by atoms with van der Waals surface area (Å²) in [5.74, 6) is 1.29. The summed E-state index contributed by atoms with van der Waals surface area (Å²) in [5.41, 5.74) is 0. The van der Waals surface area contributed by atoms with Crippen LogP contribution in [-0.4, -0.2) is 7.05 Å². The molecule has 80 valence electrons. The van der Waals surface area contributed by atoms with Crippen molar-refractivity contribution >= 4 is 22.9 Å². The summed E-state index contributed by atoms with van der Waals surface area (Å²) in [6.45, 7) is 6.79. The monoisotopic (exact) mass is 231 g/mol. The first-order valence-electron chi connectivity index (χ1n) is 4.98. The minimum atomic E-state index is 0.424. The zero-order valence-electron chi connectivity index (χ0n) is 9.17. The zero-order valence-corrected chi connectivity index (χ0v) is 10.7. The maximum Gasteiger partial charge on any atom is 0.0931 e. The highest BCUT2D eigenvalue weighted by Crippen LogP contribution is 2.33. The lowest BCUT2D eigenvalue weighted by molar-refractivity contribution is 0.321. The number of rotatable bonds is 4. The molecule has 0 saturated heterocycles. The van der Waals surface area contributed by atoms with Gasteiger partial charge in [-0.1, -0.05) is 32.4 Å². The fourth-order valence-electron chi connectivity index (χ4n) is 1.54. The van der Waals surface area contributed by atoms with Crippen molar-refractivity contribution in [1.29, 1.82) is 0 Å². The maximum absolute atomic E-state index is 5.94. The Kier molecular flexibility index (Phi) is 4.42. The molecular weight excluding hydrogens is 214 g/mol. The van der Waals surface area contributed by atoms with E-state index in [1.165, 1.54) is 4.88 Å². The lowest BCUT2D eigenvalue weighted by Crippen LogP contribution is -2.25. The molecule has 0 amide bonds. The first-order valence-corrected chi connectivity index (χ1v) is 6.18. The third-order valence-electron chi connectivity index (χ3n) is 2.79. The van der Waals surface area contributed by atoms with Gasteiger partial charge in [-0.15, -0.1) is 11.3 Å². The van der Waals surface area contributed by atoms with Gasteiger partial charge in [-0.2, -0.15) is 0 Å². The molecule has 14 heavy (non-hydrogen) atoms. The van der Waals surface area contributed by atoms with Gasteiger partial charge in [0.2, 0.25) is 0 Å². The van der Waals surface area contributed by atoms with Crippen LogP contribution < -0.4 is 5.32 Å². The molecule has 0 aliphatic rings. The maximum atomic E-state index is 5.94. The molecule has 2 unspecified atom stereocenters. The Labute approximate surface area is 95.5 Å². The fraction of sp³-hybridized carbons (Fsp3) is 0.636. The molecule has 0 radical (unpaired) electrons. The minimum Gasteiger partial charge on any atom is -0.312 e. The van der Waals surface area contributed by atoms with Gasteiger partial charge < -0.3 is 5.32 Å². The second kappa shape index (κ2) is 5.15. The van der Waals surface area contributed by atoms with E-state index in [1.54, 1.807) is 11.3 Å². The summed E-state index contributed by atoms with van der Waals surface area (Å²) in [7, 11) is 2.01. The Morgan fingerprint density at radius 3 is 2.29 bits per heavy atom. The summed E-state index contributed by atoms with van der Waals surface area (Å²) in [5, 5.41) is 3.36. The molecule has 0 saturated carbocycles. The van der Waals surface area contributed by atoms with Crippen LogP contribution in [0.15, 0.2) is 12.1 Å². The Balaban J connectivity index is 2.81. The minimum absolute atomic E-state index is 0.424. The molecule has 0 aromatic carbocycles. The van der Waals surface area contributed by atoms with Crippen LogP contribution in [0, 0.1) is 11.8 Å². The molecule has 1 nitrogen and oxygen atoms in total. The molecule has 0 bridgehead atoms. The molecule has 0 aliphatic carbocycles. The number of thiophene rings is 1. The number of nitrogens with one attached hydrogen (secondary N) is 1. The van der Waals surface area contributed by atoms with Crippen molar-refractivity contribution in [2.45, 2.75) is 26.8 Å². The molecule has 1 N–H and O–H groups in total. The van der Waals surface area contributed by atoms with Crippen LogP contribution in [0.4, 0.5) is 0 Å². The van der Waals surface area contributed by atoms with Gasteiger partial charge in [0.15, 0.2) is 0 Å². The fourth-order valence-corrected chi connectivity index (χ4v) is 2.83. The average molecular weight is 232 g/mol. The van der Waals surface area contributed by atoms with Crippen molar-refractivity contribution in [2.24, 2.45) is 11.8 Å². The average Bonchev–Trinajstić information content (AvgIpc) is 2.53. The highest BCUT2D eigenvalue weighted by atomic mass is 35.5. The van der Waals surface area contributed by atoms with E-state index in [0.717, 1.165) is 4.34 Å².